The molecule has 2 heterocycles. The summed E-state index contributed by atoms with van der Waals surface area (Å²) in [7, 11) is -3.62. The van der Waals surface area contributed by atoms with E-state index in [-0.39, 0.29) is 34.3 Å². The van der Waals surface area contributed by atoms with E-state index in [0.29, 0.717) is 26.2 Å². The van der Waals surface area contributed by atoms with Gasteiger partial charge in [-0.25, -0.2) is 8.42 Å². The van der Waals surface area contributed by atoms with Crippen molar-refractivity contribution in [2.45, 2.75) is 30.2 Å². The second-order valence-electron chi connectivity index (χ2n) is 6.16. The van der Waals surface area contributed by atoms with Gasteiger partial charge in [0.05, 0.1) is 11.1 Å². The molecule has 0 aliphatic carbocycles. The van der Waals surface area contributed by atoms with Crippen molar-refractivity contribution in [3.05, 3.63) is 29.3 Å². The average Bonchev–Trinajstić information content (AvgIpc) is 2.62. The maximum Gasteiger partial charge on any atom is 0.244 e. The highest BCUT2D eigenvalue weighted by molar-refractivity contribution is 7.89. The first-order valence-electron chi connectivity index (χ1n) is 8.27. The summed E-state index contributed by atoms with van der Waals surface area (Å²) in [6.07, 6.45) is 3.02. The third kappa shape index (κ3) is 4.46. The van der Waals surface area contributed by atoms with E-state index < -0.39 is 10.0 Å². The Hall–Kier alpha value is -0.860. The van der Waals surface area contributed by atoms with Gasteiger partial charge >= 0.3 is 0 Å². The molecule has 140 valence electrons. The Balaban J connectivity index is 0.00000225. The third-order valence-corrected chi connectivity index (χ3v) is 7.01. The molecule has 1 aromatic carbocycles. The summed E-state index contributed by atoms with van der Waals surface area (Å²) in [4.78, 5) is 14.4. The van der Waals surface area contributed by atoms with Crippen LogP contribution in [0.25, 0.3) is 0 Å². The molecule has 1 amide bonds. The van der Waals surface area contributed by atoms with E-state index in [0.717, 1.165) is 25.8 Å². The van der Waals surface area contributed by atoms with Crippen molar-refractivity contribution in [2.75, 3.05) is 32.7 Å². The Labute approximate surface area is 160 Å². The molecule has 9 heteroatoms. The van der Waals surface area contributed by atoms with Crippen LogP contribution in [0, 0.1) is 0 Å². The second kappa shape index (κ2) is 8.68. The summed E-state index contributed by atoms with van der Waals surface area (Å²) < 4.78 is 26.8. The largest absolute Gasteiger partial charge is 0.339 e. The van der Waals surface area contributed by atoms with Gasteiger partial charge in [0.25, 0.3) is 0 Å². The van der Waals surface area contributed by atoms with E-state index in [1.807, 2.05) is 0 Å². The maximum absolute atomic E-state index is 12.7. The van der Waals surface area contributed by atoms with Crippen LogP contribution in [0.15, 0.2) is 29.2 Å². The summed E-state index contributed by atoms with van der Waals surface area (Å²) in [6.45, 7) is 2.30. The zero-order valence-corrected chi connectivity index (χ0v) is 16.2. The number of hydrogen-bond donors (Lipinski definition) is 1. The van der Waals surface area contributed by atoms with Gasteiger partial charge in [-0.15, -0.1) is 12.4 Å². The predicted octanol–water partition coefficient (Wildman–Crippen LogP) is 1.74. The van der Waals surface area contributed by atoms with Gasteiger partial charge in [0.2, 0.25) is 15.9 Å². The molecule has 0 aromatic heterocycles. The molecule has 0 radical (unpaired) electrons. The van der Waals surface area contributed by atoms with Crippen LogP contribution >= 0.6 is 24.0 Å². The normalized spacial score (nSPS) is 22.3. The Morgan fingerprint density at radius 1 is 1.12 bits per heavy atom. The fraction of sp³-hybridized carbons (Fsp3) is 0.562. The molecule has 3 rings (SSSR count). The highest BCUT2D eigenvalue weighted by Gasteiger charge is 2.33. The average molecular weight is 408 g/mol. The van der Waals surface area contributed by atoms with Crippen LogP contribution in [0.5, 0.6) is 0 Å². The van der Waals surface area contributed by atoms with Gasteiger partial charge in [0.15, 0.2) is 0 Å². The highest BCUT2D eigenvalue weighted by atomic mass is 35.5. The monoisotopic (exact) mass is 407 g/mol. The number of piperazine rings is 1. The lowest BCUT2D eigenvalue weighted by Gasteiger charge is -2.36. The summed E-state index contributed by atoms with van der Waals surface area (Å²) in [6, 6.07) is 6.33. The Morgan fingerprint density at radius 2 is 1.80 bits per heavy atom. The topological polar surface area (TPSA) is 69.7 Å². The smallest absolute Gasteiger partial charge is 0.244 e. The van der Waals surface area contributed by atoms with Crippen molar-refractivity contribution in [1.82, 2.24) is 14.5 Å². The molecular weight excluding hydrogens is 385 g/mol. The second-order valence-corrected chi connectivity index (χ2v) is 8.48. The van der Waals surface area contributed by atoms with Crippen LogP contribution in [-0.2, 0) is 14.8 Å². The molecule has 6 nitrogen and oxygen atoms in total. The van der Waals surface area contributed by atoms with Gasteiger partial charge in [-0.3, -0.25) is 4.79 Å². The van der Waals surface area contributed by atoms with Gasteiger partial charge in [-0.2, -0.15) is 4.31 Å². The van der Waals surface area contributed by atoms with Crippen LogP contribution in [0.4, 0.5) is 0 Å². The van der Waals surface area contributed by atoms with Gasteiger partial charge < -0.3 is 10.2 Å². The zero-order valence-electron chi connectivity index (χ0n) is 13.9. The minimum atomic E-state index is -3.62. The summed E-state index contributed by atoms with van der Waals surface area (Å²) in [5, 5.41) is 3.47. The van der Waals surface area contributed by atoms with E-state index in [1.165, 1.54) is 10.4 Å². The summed E-state index contributed by atoms with van der Waals surface area (Å²) in [5.74, 6) is 0.0875. The summed E-state index contributed by atoms with van der Waals surface area (Å²) in [5.41, 5.74) is 0. The third-order valence-electron chi connectivity index (χ3n) is 4.61. The number of hydrogen-bond acceptors (Lipinski definition) is 4. The van der Waals surface area contributed by atoms with E-state index in [2.05, 4.69) is 5.32 Å². The molecule has 0 bridgehead atoms. The van der Waals surface area contributed by atoms with E-state index in [1.54, 1.807) is 23.1 Å². The van der Waals surface area contributed by atoms with Crippen LogP contribution in [-0.4, -0.2) is 62.3 Å². The first-order valence-corrected chi connectivity index (χ1v) is 10.1. The van der Waals surface area contributed by atoms with Crippen molar-refractivity contribution in [2.24, 2.45) is 0 Å². The molecule has 0 spiro atoms. The van der Waals surface area contributed by atoms with E-state index in [4.69, 9.17) is 11.6 Å². The fourth-order valence-electron chi connectivity index (χ4n) is 3.22. The van der Waals surface area contributed by atoms with E-state index >= 15 is 0 Å². The number of sulfonamides is 1. The standard InChI is InChI=1S/C16H22ClN3O3S.ClH/c17-13-5-1-2-7-15(13)24(22,23)20-11-9-19(10-12-20)16(21)14-6-3-4-8-18-14;/h1-2,5,7,14,18H,3-4,6,8-12H2;1H. The molecule has 2 saturated heterocycles. The molecule has 0 saturated carbocycles. The van der Waals surface area contributed by atoms with Crippen LogP contribution in [0.1, 0.15) is 19.3 Å². The number of piperidine rings is 1. The lowest BCUT2D eigenvalue weighted by molar-refractivity contribution is -0.135. The number of nitrogens with zero attached hydrogens (tertiary/aromatic N) is 2. The number of nitrogens with one attached hydrogen (secondary N) is 1. The van der Waals surface area contributed by atoms with Gasteiger partial charge in [0, 0.05) is 26.2 Å². The lowest BCUT2D eigenvalue weighted by atomic mass is 10.0. The van der Waals surface area contributed by atoms with Gasteiger partial charge in [-0.05, 0) is 31.5 Å². The number of carbonyl (C=O) groups is 1. The number of rotatable bonds is 3. The lowest BCUT2D eigenvalue weighted by Crippen LogP contribution is -2.55. The SMILES string of the molecule is Cl.O=C(C1CCCCN1)N1CCN(S(=O)(=O)c2ccccc2Cl)CC1. The quantitative estimate of drug-likeness (QED) is 0.827. The summed E-state index contributed by atoms with van der Waals surface area (Å²) >= 11 is 6.03. The minimum Gasteiger partial charge on any atom is -0.339 e. The van der Waals surface area contributed by atoms with E-state index in [9.17, 15) is 13.2 Å². The Morgan fingerprint density at radius 3 is 2.40 bits per heavy atom. The first kappa shape index (κ1) is 20.5. The van der Waals surface area contributed by atoms with Crippen molar-refractivity contribution in [3.8, 4) is 0 Å². The van der Waals surface area contributed by atoms with Crippen molar-refractivity contribution >= 4 is 39.9 Å². The van der Waals surface area contributed by atoms with Crippen molar-refractivity contribution < 1.29 is 13.2 Å². The Bertz CT molecular complexity index is 700. The number of amides is 1. The van der Waals surface area contributed by atoms with Gasteiger partial charge in [0.1, 0.15) is 4.90 Å². The van der Waals surface area contributed by atoms with Crippen molar-refractivity contribution in [1.29, 1.82) is 0 Å². The molecule has 1 unspecified atom stereocenters. The molecule has 25 heavy (non-hydrogen) atoms. The van der Waals surface area contributed by atoms with Crippen molar-refractivity contribution in [3.63, 3.8) is 0 Å². The molecule has 1 atom stereocenters. The molecule has 1 N–H and O–H groups in total. The number of benzene rings is 1. The fourth-order valence-corrected chi connectivity index (χ4v) is 5.14. The molecule has 2 aliphatic heterocycles. The van der Waals surface area contributed by atoms with Crippen LogP contribution in [0.3, 0.4) is 0 Å². The van der Waals surface area contributed by atoms with Crippen LogP contribution < -0.4 is 5.32 Å². The molecule has 2 aliphatic rings. The maximum atomic E-state index is 12.7. The Kier molecular flexibility index (Phi) is 7.10. The highest BCUT2D eigenvalue weighted by Crippen LogP contribution is 2.25. The predicted molar refractivity (Wildman–Crippen MR) is 99.7 cm³/mol. The number of halogens is 2. The molecular formula is C16H23Cl2N3O3S. The zero-order chi connectivity index (χ0) is 17.2. The molecule has 2 fully saturated rings. The minimum absolute atomic E-state index is 0. The molecule has 1 aromatic rings. The van der Waals surface area contributed by atoms with Crippen LogP contribution in [0.2, 0.25) is 5.02 Å². The first-order chi connectivity index (χ1) is 11.5. The van der Waals surface area contributed by atoms with Gasteiger partial charge in [-0.1, -0.05) is 30.2 Å². The number of carbonyl (C=O) groups excluding carboxylic acids is 1.